The Morgan fingerprint density at radius 1 is 1.29 bits per heavy atom. The highest BCUT2D eigenvalue weighted by molar-refractivity contribution is 5.81. The molecule has 1 aliphatic heterocycles. The van der Waals surface area contributed by atoms with Crippen LogP contribution in [0, 0.1) is 5.82 Å². The Hall–Kier alpha value is -1.62. The number of nitrogens with one attached hydrogen (secondary N) is 1. The third-order valence-corrected chi connectivity index (χ3v) is 4.00. The van der Waals surface area contributed by atoms with Crippen LogP contribution in [0.5, 0.6) is 5.75 Å². The van der Waals surface area contributed by atoms with Crippen molar-refractivity contribution in [2.45, 2.75) is 45.2 Å². The van der Waals surface area contributed by atoms with Crippen molar-refractivity contribution in [2.75, 3.05) is 13.1 Å². The Kier molecular flexibility index (Phi) is 5.17. The number of carbonyl (C=O) groups is 1. The summed E-state index contributed by atoms with van der Waals surface area (Å²) in [6.07, 6.45) is 3.31. The van der Waals surface area contributed by atoms with E-state index in [1.54, 1.807) is 6.07 Å². The Morgan fingerprint density at radius 3 is 2.57 bits per heavy atom. The van der Waals surface area contributed by atoms with Crippen molar-refractivity contribution in [3.05, 3.63) is 29.6 Å². The highest BCUT2D eigenvalue weighted by atomic mass is 19.1. The van der Waals surface area contributed by atoms with E-state index in [2.05, 4.69) is 5.32 Å². The molecule has 1 fully saturated rings. The van der Waals surface area contributed by atoms with Crippen molar-refractivity contribution in [2.24, 2.45) is 0 Å². The normalized spacial score (nSPS) is 18.3. The lowest BCUT2D eigenvalue weighted by Crippen LogP contribution is -2.47. The number of carbonyl (C=O) groups excluding carboxylic acids is 1. The first-order valence-electron chi connectivity index (χ1n) is 7.52. The van der Waals surface area contributed by atoms with Crippen LogP contribution >= 0.6 is 0 Å². The SMILES string of the molecule is CC(NC(C)c1ccc(F)cc1O)C(=O)N1CCCCC1. The monoisotopic (exact) mass is 294 g/mol. The Balaban J connectivity index is 1.97. The molecule has 1 amide bonds. The second-order valence-electron chi connectivity index (χ2n) is 5.70. The number of piperidine rings is 1. The van der Waals surface area contributed by atoms with E-state index in [-0.39, 0.29) is 23.7 Å². The first kappa shape index (κ1) is 15.8. The zero-order chi connectivity index (χ0) is 15.4. The molecule has 0 spiro atoms. The Morgan fingerprint density at radius 2 is 1.95 bits per heavy atom. The largest absolute Gasteiger partial charge is 0.508 e. The molecule has 2 rings (SSSR count). The van der Waals surface area contributed by atoms with Crippen molar-refractivity contribution in [1.82, 2.24) is 10.2 Å². The molecule has 2 atom stereocenters. The maximum Gasteiger partial charge on any atom is 0.239 e. The molecule has 0 saturated carbocycles. The lowest BCUT2D eigenvalue weighted by molar-refractivity contribution is -0.134. The number of halogens is 1. The first-order chi connectivity index (χ1) is 9.99. The van der Waals surface area contributed by atoms with Gasteiger partial charge in [0.25, 0.3) is 0 Å². The van der Waals surface area contributed by atoms with Crippen LogP contribution in [-0.4, -0.2) is 35.0 Å². The van der Waals surface area contributed by atoms with Gasteiger partial charge >= 0.3 is 0 Å². The van der Waals surface area contributed by atoms with Crippen molar-refractivity contribution in [1.29, 1.82) is 0 Å². The molecule has 1 aromatic carbocycles. The molecule has 0 aliphatic carbocycles. The minimum atomic E-state index is -0.471. The average Bonchev–Trinajstić information content (AvgIpc) is 2.47. The van der Waals surface area contributed by atoms with Gasteiger partial charge in [0.05, 0.1) is 6.04 Å². The molecule has 1 heterocycles. The van der Waals surface area contributed by atoms with Gasteiger partial charge in [0.2, 0.25) is 5.91 Å². The first-order valence-corrected chi connectivity index (χ1v) is 7.52. The molecule has 0 bridgehead atoms. The lowest BCUT2D eigenvalue weighted by atomic mass is 10.1. The van der Waals surface area contributed by atoms with Gasteiger partial charge < -0.3 is 10.0 Å². The number of amides is 1. The number of phenolic OH excluding ortho intramolecular Hbond substituents is 1. The van der Waals surface area contributed by atoms with Gasteiger partial charge in [-0.25, -0.2) is 4.39 Å². The van der Waals surface area contributed by atoms with E-state index in [0.717, 1.165) is 32.0 Å². The van der Waals surface area contributed by atoms with Gasteiger partial charge in [-0.1, -0.05) is 6.07 Å². The number of aromatic hydroxyl groups is 1. The second kappa shape index (κ2) is 6.89. The fraction of sp³-hybridized carbons (Fsp3) is 0.562. The van der Waals surface area contributed by atoms with E-state index in [1.165, 1.54) is 12.5 Å². The molecule has 1 aliphatic rings. The predicted octanol–water partition coefficient (Wildman–Crippen LogP) is 2.58. The third kappa shape index (κ3) is 3.94. The molecule has 2 N–H and O–H groups in total. The van der Waals surface area contributed by atoms with Crippen LogP contribution in [0.4, 0.5) is 4.39 Å². The number of hydrogen-bond donors (Lipinski definition) is 2. The summed E-state index contributed by atoms with van der Waals surface area (Å²) in [7, 11) is 0. The Bertz CT molecular complexity index is 501. The van der Waals surface area contributed by atoms with Gasteiger partial charge in [-0.2, -0.15) is 0 Å². The van der Waals surface area contributed by atoms with Crippen LogP contribution < -0.4 is 5.32 Å². The van der Waals surface area contributed by atoms with Crippen LogP contribution in [0.1, 0.15) is 44.7 Å². The van der Waals surface area contributed by atoms with E-state index < -0.39 is 5.82 Å². The quantitative estimate of drug-likeness (QED) is 0.897. The number of phenols is 1. The van der Waals surface area contributed by atoms with E-state index in [9.17, 15) is 14.3 Å². The lowest BCUT2D eigenvalue weighted by Gasteiger charge is -2.30. The number of benzene rings is 1. The topological polar surface area (TPSA) is 52.6 Å². The van der Waals surface area contributed by atoms with Crippen molar-refractivity contribution in [3.63, 3.8) is 0 Å². The van der Waals surface area contributed by atoms with Crippen molar-refractivity contribution in [3.8, 4) is 5.75 Å². The summed E-state index contributed by atoms with van der Waals surface area (Å²) in [6, 6.07) is 3.38. The molecule has 4 nitrogen and oxygen atoms in total. The highest BCUT2D eigenvalue weighted by Gasteiger charge is 2.24. The summed E-state index contributed by atoms with van der Waals surface area (Å²) in [5, 5.41) is 13.0. The standard InChI is InChI=1S/C16H23FN2O2/c1-11(14-7-6-13(17)10-15(14)20)18-12(2)16(21)19-8-4-3-5-9-19/h6-7,10-12,18,20H,3-5,8-9H2,1-2H3. The molecular weight excluding hydrogens is 271 g/mol. The number of likely N-dealkylation sites (tertiary alicyclic amines) is 1. The summed E-state index contributed by atoms with van der Waals surface area (Å²) in [4.78, 5) is 14.2. The Labute approximate surface area is 125 Å². The maximum atomic E-state index is 13.0. The van der Waals surface area contributed by atoms with Gasteiger partial charge in [-0.3, -0.25) is 10.1 Å². The number of rotatable bonds is 4. The van der Waals surface area contributed by atoms with Crippen LogP contribution in [0.2, 0.25) is 0 Å². The van der Waals surface area contributed by atoms with Gasteiger partial charge in [0, 0.05) is 30.8 Å². The summed E-state index contributed by atoms with van der Waals surface area (Å²) in [5.74, 6) is -0.475. The van der Waals surface area contributed by atoms with E-state index in [1.807, 2.05) is 18.7 Å². The number of nitrogens with zero attached hydrogens (tertiary/aromatic N) is 1. The molecule has 1 aromatic rings. The summed E-state index contributed by atoms with van der Waals surface area (Å²) >= 11 is 0. The average molecular weight is 294 g/mol. The van der Waals surface area contributed by atoms with Crippen LogP contribution in [0.3, 0.4) is 0 Å². The van der Waals surface area contributed by atoms with Crippen LogP contribution in [0.25, 0.3) is 0 Å². The molecule has 116 valence electrons. The molecule has 5 heteroatoms. The zero-order valence-corrected chi connectivity index (χ0v) is 12.6. The van der Waals surface area contributed by atoms with E-state index in [4.69, 9.17) is 0 Å². The molecular formula is C16H23FN2O2. The minimum absolute atomic E-state index is 0.0863. The number of hydrogen-bond acceptors (Lipinski definition) is 3. The summed E-state index contributed by atoms with van der Waals surface area (Å²) in [5.41, 5.74) is 0.592. The maximum absolute atomic E-state index is 13.0. The highest BCUT2D eigenvalue weighted by Crippen LogP contribution is 2.25. The van der Waals surface area contributed by atoms with Gasteiger partial charge in [-0.05, 0) is 39.2 Å². The summed E-state index contributed by atoms with van der Waals surface area (Å²) < 4.78 is 13.0. The molecule has 21 heavy (non-hydrogen) atoms. The second-order valence-corrected chi connectivity index (χ2v) is 5.70. The minimum Gasteiger partial charge on any atom is -0.508 e. The van der Waals surface area contributed by atoms with E-state index >= 15 is 0 Å². The third-order valence-electron chi connectivity index (χ3n) is 4.00. The smallest absolute Gasteiger partial charge is 0.239 e. The molecule has 0 radical (unpaired) electrons. The molecule has 0 aromatic heterocycles. The van der Waals surface area contributed by atoms with Crippen molar-refractivity contribution >= 4 is 5.91 Å². The van der Waals surface area contributed by atoms with Crippen LogP contribution in [-0.2, 0) is 4.79 Å². The van der Waals surface area contributed by atoms with Crippen molar-refractivity contribution < 1.29 is 14.3 Å². The fourth-order valence-electron chi connectivity index (χ4n) is 2.81. The van der Waals surface area contributed by atoms with Crippen LogP contribution in [0.15, 0.2) is 18.2 Å². The van der Waals surface area contributed by atoms with E-state index in [0.29, 0.717) is 5.56 Å². The van der Waals surface area contributed by atoms with Gasteiger partial charge in [-0.15, -0.1) is 0 Å². The summed E-state index contributed by atoms with van der Waals surface area (Å²) in [6.45, 7) is 5.32. The van der Waals surface area contributed by atoms with Gasteiger partial charge in [0.15, 0.2) is 0 Å². The zero-order valence-electron chi connectivity index (χ0n) is 12.6. The predicted molar refractivity (Wildman–Crippen MR) is 79.5 cm³/mol. The molecule has 2 unspecified atom stereocenters. The molecule has 1 saturated heterocycles. The fourth-order valence-corrected chi connectivity index (χ4v) is 2.81. The van der Waals surface area contributed by atoms with Gasteiger partial charge in [0.1, 0.15) is 11.6 Å².